The molecule has 0 aliphatic rings. The third-order valence-electron chi connectivity index (χ3n) is 2.84. The van der Waals surface area contributed by atoms with Crippen molar-refractivity contribution in [3.05, 3.63) is 59.4 Å². The van der Waals surface area contributed by atoms with Crippen LogP contribution in [0.25, 0.3) is 0 Å². The van der Waals surface area contributed by atoms with Crippen LogP contribution in [0.5, 0.6) is 0 Å². The van der Waals surface area contributed by atoms with Crippen LogP contribution < -0.4 is 10.6 Å². The van der Waals surface area contributed by atoms with Gasteiger partial charge in [-0.3, -0.25) is 4.79 Å². The summed E-state index contributed by atoms with van der Waals surface area (Å²) in [6.45, 7) is 1.13. The van der Waals surface area contributed by atoms with Crippen LogP contribution in [-0.2, 0) is 4.79 Å². The fourth-order valence-electron chi connectivity index (χ4n) is 1.71. The number of carbonyl (C=O) groups excluding carboxylic acids is 1. The Kier molecular flexibility index (Phi) is 4.47. The third kappa shape index (κ3) is 3.75. The second-order valence-corrected chi connectivity index (χ2v) is 4.46. The van der Waals surface area contributed by atoms with Crippen molar-refractivity contribution in [1.29, 1.82) is 0 Å². The molecule has 0 bridgehead atoms. The van der Waals surface area contributed by atoms with Gasteiger partial charge in [-0.05, 0) is 30.7 Å². The lowest BCUT2D eigenvalue weighted by atomic mass is 10.2. The minimum absolute atomic E-state index is 0.0276. The molecular weight excluding hydrogens is 281 g/mol. The van der Waals surface area contributed by atoms with Gasteiger partial charge in [0.15, 0.2) is 0 Å². The van der Waals surface area contributed by atoms with Crippen LogP contribution in [0, 0.1) is 24.4 Å². The lowest BCUT2D eigenvalue weighted by Gasteiger charge is -2.10. The number of aryl methyl sites for hydroxylation is 1. The molecule has 0 radical (unpaired) electrons. The molecule has 0 spiro atoms. The fraction of sp³-hybridized carbons (Fsp3) is 0.133. The number of halogens is 3. The molecule has 0 fully saturated rings. The second-order valence-electron chi connectivity index (χ2n) is 4.46. The standard InChI is InChI=1S/C15H13F3N2O/c1-9-6-12(18)14(7-11(9)17)19-8-15(21)20-13-5-3-2-4-10(13)16/h2-7,19H,8H2,1H3,(H,20,21). The zero-order valence-electron chi connectivity index (χ0n) is 11.2. The molecule has 2 aromatic rings. The summed E-state index contributed by atoms with van der Waals surface area (Å²) in [6.07, 6.45) is 0. The number of rotatable bonds is 4. The number of benzene rings is 2. The average molecular weight is 294 g/mol. The van der Waals surface area contributed by atoms with Gasteiger partial charge in [-0.15, -0.1) is 0 Å². The van der Waals surface area contributed by atoms with Gasteiger partial charge in [0, 0.05) is 6.07 Å². The van der Waals surface area contributed by atoms with Crippen LogP contribution in [0.3, 0.4) is 0 Å². The van der Waals surface area contributed by atoms with Crippen molar-refractivity contribution in [3.8, 4) is 0 Å². The van der Waals surface area contributed by atoms with E-state index in [0.717, 1.165) is 12.1 Å². The highest BCUT2D eigenvalue weighted by Crippen LogP contribution is 2.18. The number of para-hydroxylation sites is 1. The molecule has 2 aromatic carbocycles. The van der Waals surface area contributed by atoms with E-state index < -0.39 is 23.4 Å². The van der Waals surface area contributed by atoms with Crippen LogP contribution in [-0.4, -0.2) is 12.5 Å². The highest BCUT2D eigenvalue weighted by atomic mass is 19.1. The summed E-state index contributed by atoms with van der Waals surface area (Å²) in [5.41, 5.74) is 0.0792. The lowest BCUT2D eigenvalue weighted by molar-refractivity contribution is -0.114. The topological polar surface area (TPSA) is 41.1 Å². The monoisotopic (exact) mass is 294 g/mol. The summed E-state index contributed by atoms with van der Waals surface area (Å²) in [7, 11) is 0. The Labute approximate surface area is 119 Å². The fourth-order valence-corrected chi connectivity index (χ4v) is 1.71. The Morgan fingerprint density at radius 1 is 1.00 bits per heavy atom. The molecule has 0 aliphatic carbocycles. The molecule has 0 saturated carbocycles. The molecule has 0 heterocycles. The summed E-state index contributed by atoms with van der Waals surface area (Å²) in [6, 6.07) is 7.68. The van der Waals surface area contributed by atoms with Gasteiger partial charge in [0.1, 0.15) is 17.5 Å². The first kappa shape index (κ1) is 14.9. The van der Waals surface area contributed by atoms with Crippen molar-refractivity contribution in [3.63, 3.8) is 0 Å². The van der Waals surface area contributed by atoms with Crippen LogP contribution in [0.1, 0.15) is 5.56 Å². The average Bonchev–Trinajstić information content (AvgIpc) is 2.44. The van der Waals surface area contributed by atoms with Crippen molar-refractivity contribution in [2.45, 2.75) is 6.92 Å². The predicted molar refractivity (Wildman–Crippen MR) is 74.6 cm³/mol. The van der Waals surface area contributed by atoms with Crippen molar-refractivity contribution >= 4 is 17.3 Å². The molecule has 1 amide bonds. The molecule has 110 valence electrons. The number of hydrogen-bond donors (Lipinski definition) is 2. The quantitative estimate of drug-likeness (QED) is 0.906. The van der Waals surface area contributed by atoms with E-state index in [1.165, 1.54) is 25.1 Å². The maximum absolute atomic E-state index is 13.6. The molecule has 0 unspecified atom stereocenters. The second kappa shape index (κ2) is 6.30. The first-order chi connectivity index (χ1) is 9.97. The normalized spacial score (nSPS) is 10.3. The third-order valence-corrected chi connectivity index (χ3v) is 2.84. The summed E-state index contributed by atoms with van der Waals surface area (Å²) in [5.74, 6) is -2.38. The van der Waals surface area contributed by atoms with E-state index in [0.29, 0.717) is 0 Å². The SMILES string of the molecule is Cc1cc(F)c(NCC(=O)Nc2ccccc2F)cc1F. The molecule has 0 atom stereocenters. The van der Waals surface area contributed by atoms with Crippen molar-refractivity contribution in [1.82, 2.24) is 0 Å². The lowest BCUT2D eigenvalue weighted by Crippen LogP contribution is -2.22. The van der Waals surface area contributed by atoms with Crippen LogP contribution >= 0.6 is 0 Å². The minimum Gasteiger partial charge on any atom is -0.374 e. The van der Waals surface area contributed by atoms with Gasteiger partial charge in [0.25, 0.3) is 0 Å². The van der Waals surface area contributed by atoms with Gasteiger partial charge < -0.3 is 10.6 Å². The van der Waals surface area contributed by atoms with Gasteiger partial charge in [-0.2, -0.15) is 0 Å². The van der Waals surface area contributed by atoms with Gasteiger partial charge in [-0.1, -0.05) is 12.1 Å². The summed E-state index contributed by atoms with van der Waals surface area (Å²) in [5, 5.41) is 4.80. The van der Waals surface area contributed by atoms with Gasteiger partial charge in [0.2, 0.25) is 5.91 Å². The van der Waals surface area contributed by atoms with E-state index in [4.69, 9.17) is 0 Å². The van der Waals surface area contributed by atoms with Crippen molar-refractivity contribution in [2.75, 3.05) is 17.2 Å². The van der Waals surface area contributed by atoms with Crippen molar-refractivity contribution < 1.29 is 18.0 Å². The number of carbonyl (C=O) groups is 1. The molecule has 0 aromatic heterocycles. The minimum atomic E-state index is -0.660. The number of hydrogen-bond acceptors (Lipinski definition) is 2. The maximum Gasteiger partial charge on any atom is 0.243 e. The molecule has 21 heavy (non-hydrogen) atoms. The first-order valence-corrected chi connectivity index (χ1v) is 6.21. The number of anilines is 2. The predicted octanol–water partition coefficient (Wildman–Crippen LogP) is 3.46. The van der Waals surface area contributed by atoms with Gasteiger partial charge >= 0.3 is 0 Å². The Morgan fingerprint density at radius 3 is 2.43 bits per heavy atom. The smallest absolute Gasteiger partial charge is 0.243 e. The molecule has 2 rings (SSSR count). The molecule has 3 nitrogen and oxygen atoms in total. The Hall–Kier alpha value is -2.50. The summed E-state index contributed by atoms with van der Waals surface area (Å²) >= 11 is 0. The number of nitrogens with one attached hydrogen (secondary N) is 2. The molecule has 0 saturated heterocycles. The van der Waals surface area contributed by atoms with E-state index in [1.54, 1.807) is 6.07 Å². The van der Waals surface area contributed by atoms with E-state index in [-0.39, 0.29) is 23.5 Å². The first-order valence-electron chi connectivity index (χ1n) is 6.21. The van der Waals surface area contributed by atoms with E-state index in [9.17, 15) is 18.0 Å². The van der Waals surface area contributed by atoms with Crippen LogP contribution in [0.4, 0.5) is 24.5 Å². The van der Waals surface area contributed by atoms with Crippen LogP contribution in [0.15, 0.2) is 36.4 Å². The zero-order chi connectivity index (χ0) is 15.4. The highest BCUT2D eigenvalue weighted by molar-refractivity contribution is 5.93. The Morgan fingerprint density at radius 2 is 1.71 bits per heavy atom. The van der Waals surface area contributed by atoms with Gasteiger partial charge in [0.05, 0.1) is 17.9 Å². The number of amides is 1. The van der Waals surface area contributed by atoms with Crippen LogP contribution in [0.2, 0.25) is 0 Å². The van der Waals surface area contributed by atoms with Crippen molar-refractivity contribution in [2.24, 2.45) is 0 Å². The Balaban J connectivity index is 1.99. The molecule has 0 aliphatic heterocycles. The molecule has 6 heteroatoms. The highest BCUT2D eigenvalue weighted by Gasteiger charge is 2.10. The molecule has 2 N–H and O–H groups in total. The molecular formula is C15H13F3N2O. The van der Waals surface area contributed by atoms with E-state index in [2.05, 4.69) is 10.6 Å². The van der Waals surface area contributed by atoms with E-state index >= 15 is 0 Å². The Bertz CT molecular complexity index is 674. The largest absolute Gasteiger partial charge is 0.374 e. The zero-order valence-corrected chi connectivity index (χ0v) is 11.2. The van der Waals surface area contributed by atoms with Gasteiger partial charge in [-0.25, -0.2) is 13.2 Å². The van der Waals surface area contributed by atoms with E-state index in [1.807, 2.05) is 0 Å². The summed E-state index contributed by atoms with van der Waals surface area (Å²) < 4.78 is 40.2. The summed E-state index contributed by atoms with van der Waals surface area (Å²) in [4.78, 5) is 11.6. The maximum atomic E-state index is 13.6.